The van der Waals surface area contributed by atoms with E-state index >= 15 is 0 Å². The summed E-state index contributed by atoms with van der Waals surface area (Å²) in [5.41, 5.74) is 0. The van der Waals surface area contributed by atoms with Crippen molar-refractivity contribution in [3.05, 3.63) is 0 Å². The molecule has 4 atom stereocenters. The number of esters is 1. The maximum Gasteiger partial charge on any atom is 0.305 e. The lowest BCUT2D eigenvalue weighted by Gasteiger charge is -2.26. The van der Waals surface area contributed by atoms with Crippen LogP contribution in [0.3, 0.4) is 0 Å². The van der Waals surface area contributed by atoms with Crippen LogP contribution in [-0.2, 0) is 14.3 Å². The Balaban J connectivity index is 2.76. The lowest BCUT2D eigenvalue weighted by molar-refractivity contribution is -0.240. The van der Waals surface area contributed by atoms with Crippen molar-refractivity contribution in [1.82, 2.24) is 0 Å². The van der Waals surface area contributed by atoms with Gasteiger partial charge in [-0.1, -0.05) is 0 Å². The number of aliphatic hydroxyl groups is 3. The molecule has 0 amide bonds. The fraction of sp³-hybridized carbons (Fsp3) is 0.875. The van der Waals surface area contributed by atoms with Crippen molar-refractivity contribution in [1.29, 1.82) is 0 Å². The third-order valence-electron chi connectivity index (χ3n) is 2.15. The highest BCUT2D eigenvalue weighted by atomic mass is 16.7. The molecular weight excluding hydrogens is 192 g/mol. The molecular formula is C8H14O6. The van der Waals surface area contributed by atoms with Gasteiger partial charge in [0, 0.05) is 13.8 Å². The van der Waals surface area contributed by atoms with Gasteiger partial charge in [-0.15, -0.1) is 0 Å². The highest BCUT2D eigenvalue weighted by molar-refractivity contribution is 5.66. The van der Waals surface area contributed by atoms with Gasteiger partial charge in [0.15, 0.2) is 0 Å². The van der Waals surface area contributed by atoms with Crippen molar-refractivity contribution in [2.75, 3.05) is 6.61 Å². The number of carbonyl (C=O) groups is 1. The largest absolute Gasteiger partial charge is 0.431 e. The van der Waals surface area contributed by atoms with E-state index in [1.165, 1.54) is 13.8 Å². The summed E-state index contributed by atoms with van der Waals surface area (Å²) in [4.78, 5) is 10.7. The van der Waals surface area contributed by atoms with E-state index in [2.05, 4.69) is 0 Å². The Morgan fingerprint density at radius 2 is 2.14 bits per heavy atom. The van der Waals surface area contributed by atoms with Gasteiger partial charge >= 0.3 is 5.97 Å². The molecule has 1 heterocycles. The first-order chi connectivity index (χ1) is 6.40. The quantitative estimate of drug-likeness (QED) is 0.470. The first kappa shape index (κ1) is 11.4. The summed E-state index contributed by atoms with van der Waals surface area (Å²) in [5.74, 6) is -2.21. The van der Waals surface area contributed by atoms with Gasteiger partial charge in [-0.05, 0) is 0 Å². The Bertz CT molecular complexity index is 230. The number of aliphatic hydroxyl groups excluding tert-OH is 3. The molecule has 0 aliphatic carbocycles. The highest BCUT2D eigenvalue weighted by Crippen LogP contribution is 2.31. The number of carbonyl (C=O) groups excluding carboxylic acids is 1. The van der Waals surface area contributed by atoms with Crippen LogP contribution in [0, 0.1) is 0 Å². The molecule has 1 saturated heterocycles. The Hall–Kier alpha value is -0.690. The normalized spacial score (nSPS) is 42.5. The zero-order chi connectivity index (χ0) is 10.9. The fourth-order valence-electron chi connectivity index (χ4n) is 1.47. The number of hydrogen-bond acceptors (Lipinski definition) is 6. The molecule has 1 aliphatic rings. The van der Waals surface area contributed by atoms with Crippen LogP contribution in [0.15, 0.2) is 0 Å². The number of hydrogen-bond donors (Lipinski definition) is 3. The molecule has 0 aromatic rings. The maximum atomic E-state index is 10.7. The van der Waals surface area contributed by atoms with Crippen LogP contribution >= 0.6 is 0 Å². The molecule has 0 spiro atoms. The molecule has 3 N–H and O–H groups in total. The van der Waals surface area contributed by atoms with Gasteiger partial charge in [0.25, 0.3) is 0 Å². The van der Waals surface area contributed by atoms with E-state index in [4.69, 9.17) is 14.6 Å². The molecule has 6 nitrogen and oxygen atoms in total. The van der Waals surface area contributed by atoms with E-state index in [0.29, 0.717) is 0 Å². The summed E-state index contributed by atoms with van der Waals surface area (Å²) in [6.45, 7) is 2.05. The topological polar surface area (TPSA) is 96.2 Å². The average molecular weight is 206 g/mol. The second kappa shape index (κ2) is 3.82. The van der Waals surface area contributed by atoms with Crippen LogP contribution in [0.5, 0.6) is 0 Å². The molecule has 1 unspecified atom stereocenters. The van der Waals surface area contributed by atoms with Crippen LogP contribution < -0.4 is 0 Å². The average Bonchev–Trinajstić information content (AvgIpc) is 2.29. The SMILES string of the molecule is CC(=O)OC1(C)O[C@H](CO)[C@@H](O)[C@@H]1O. The minimum absolute atomic E-state index is 0.449. The zero-order valence-corrected chi connectivity index (χ0v) is 8.01. The van der Waals surface area contributed by atoms with Crippen molar-refractivity contribution >= 4 is 5.97 Å². The van der Waals surface area contributed by atoms with Crippen LogP contribution in [0.4, 0.5) is 0 Å². The standard InChI is InChI=1S/C8H14O6/c1-4(10)13-8(2)7(12)6(11)5(3-9)14-8/h5-7,9,11-12H,3H2,1-2H3/t5-,6-,7+,8?/m1/s1. The van der Waals surface area contributed by atoms with Gasteiger partial charge in [0.05, 0.1) is 6.61 Å². The van der Waals surface area contributed by atoms with Gasteiger partial charge in [0.2, 0.25) is 5.79 Å². The van der Waals surface area contributed by atoms with E-state index in [9.17, 15) is 15.0 Å². The molecule has 0 aromatic heterocycles. The van der Waals surface area contributed by atoms with Gasteiger partial charge in [-0.3, -0.25) is 4.79 Å². The minimum Gasteiger partial charge on any atom is -0.431 e. The molecule has 0 bridgehead atoms. The molecule has 1 rings (SSSR count). The number of rotatable bonds is 2. The van der Waals surface area contributed by atoms with Gasteiger partial charge in [-0.2, -0.15) is 0 Å². The first-order valence-corrected chi connectivity index (χ1v) is 4.25. The summed E-state index contributed by atoms with van der Waals surface area (Å²) in [6, 6.07) is 0. The molecule has 1 aliphatic heterocycles. The fourth-order valence-corrected chi connectivity index (χ4v) is 1.47. The van der Waals surface area contributed by atoms with Crippen molar-refractivity contribution < 1.29 is 29.6 Å². The third kappa shape index (κ3) is 1.88. The van der Waals surface area contributed by atoms with Crippen molar-refractivity contribution in [2.45, 2.75) is 37.9 Å². The van der Waals surface area contributed by atoms with Crippen LogP contribution in [-0.4, -0.2) is 52.0 Å². The molecule has 0 radical (unpaired) electrons. The van der Waals surface area contributed by atoms with E-state index < -0.39 is 36.7 Å². The van der Waals surface area contributed by atoms with Gasteiger partial charge in [-0.25, -0.2) is 0 Å². The van der Waals surface area contributed by atoms with E-state index in [1.807, 2.05) is 0 Å². The zero-order valence-electron chi connectivity index (χ0n) is 8.01. The monoisotopic (exact) mass is 206 g/mol. The van der Waals surface area contributed by atoms with Crippen LogP contribution in [0.1, 0.15) is 13.8 Å². The van der Waals surface area contributed by atoms with E-state index in [1.54, 1.807) is 0 Å². The highest BCUT2D eigenvalue weighted by Gasteiger charge is 2.53. The Labute approximate surface area is 81.1 Å². The van der Waals surface area contributed by atoms with E-state index in [-0.39, 0.29) is 0 Å². The molecule has 0 aromatic carbocycles. The minimum atomic E-state index is -1.58. The second-order valence-corrected chi connectivity index (χ2v) is 3.38. The number of ether oxygens (including phenoxy) is 2. The summed E-state index contributed by atoms with van der Waals surface area (Å²) >= 11 is 0. The van der Waals surface area contributed by atoms with Crippen LogP contribution in [0.2, 0.25) is 0 Å². The van der Waals surface area contributed by atoms with Gasteiger partial charge in [0.1, 0.15) is 18.3 Å². The second-order valence-electron chi connectivity index (χ2n) is 3.38. The lowest BCUT2D eigenvalue weighted by atomic mass is 10.1. The Morgan fingerprint density at radius 3 is 2.50 bits per heavy atom. The maximum absolute atomic E-state index is 10.7. The summed E-state index contributed by atoms with van der Waals surface area (Å²) < 4.78 is 9.77. The predicted octanol–water partition coefficient (Wildman–Crippen LogP) is -1.62. The Morgan fingerprint density at radius 1 is 1.57 bits per heavy atom. The van der Waals surface area contributed by atoms with Gasteiger partial charge < -0.3 is 24.8 Å². The first-order valence-electron chi connectivity index (χ1n) is 4.25. The third-order valence-corrected chi connectivity index (χ3v) is 2.15. The van der Waals surface area contributed by atoms with Crippen molar-refractivity contribution in [3.8, 4) is 0 Å². The van der Waals surface area contributed by atoms with Crippen molar-refractivity contribution in [2.24, 2.45) is 0 Å². The lowest BCUT2D eigenvalue weighted by Crippen LogP contribution is -2.43. The molecule has 82 valence electrons. The predicted molar refractivity (Wildman–Crippen MR) is 44.1 cm³/mol. The summed E-state index contributed by atoms with van der Waals surface area (Å²) in [5, 5.41) is 27.7. The molecule has 1 fully saturated rings. The molecule has 6 heteroatoms. The summed E-state index contributed by atoms with van der Waals surface area (Å²) in [6.07, 6.45) is -3.55. The smallest absolute Gasteiger partial charge is 0.305 e. The van der Waals surface area contributed by atoms with Crippen LogP contribution in [0.25, 0.3) is 0 Å². The molecule has 14 heavy (non-hydrogen) atoms. The Kier molecular flexibility index (Phi) is 3.10. The van der Waals surface area contributed by atoms with E-state index in [0.717, 1.165) is 0 Å². The molecule has 0 saturated carbocycles. The van der Waals surface area contributed by atoms with Crippen molar-refractivity contribution in [3.63, 3.8) is 0 Å². The summed E-state index contributed by atoms with van der Waals surface area (Å²) in [7, 11) is 0.